The fourth-order valence-electron chi connectivity index (χ4n) is 4.11. The Kier molecular flexibility index (Phi) is 5.29. The van der Waals surface area contributed by atoms with E-state index < -0.39 is 5.51 Å². The number of hydrogen-bond acceptors (Lipinski definition) is 3. The van der Waals surface area contributed by atoms with E-state index in [1.165, 1.54) is 29.3 Å². The highest BCUT2D eigenvalue weighted by Crippen LogP contribution is 2.39. The van der Waals surface area contributed by atoms with Gasteiger partial charge in [-0.25, -0.2) is 4.98 Å². The number of nitrogens with one attached hydrogen (secondary N) is 1. The third-order valence-electron chi connectivity index (χ3n) is 5.35. The molecule has 0 saturated carbocycles. The van der Waals surface area contributed by atoms with Crippen LogP contribution in [0.2, 0.25) is 0 Å². The van der Waals surface area contributed by atoms with Crippen LogP contribution in [0.15, 0.2) is 47.6 Å². The van der Waals surface area contributed by atoms with Crippen LogP contribution in [0.4, 0.5) is 13.2 Å². The molecule has 3 aromatic rings. The monoisotopic (exact) mass is 419 g/mol. The number of hydrogen-bond donors (Lipinski definition) is 1. The molecule has 1 aliphatic heterocycles. The van der Waals surface area contributed by atoms with E-state index in [2.05, 4.69) is 23.0 Å². The van der Waals surface area contributed by atoms with Gasteiger partial charge < -0.3 is 9.88 Å². The lowest BCUT2D eigenvalue weighted by Gasteiger charge is -2.32. The van der Waals surface area contributed by atoms with E-state index in [1.54, 1.807) is 4.90 Å². The van der Waals surface area contributed by atoms with Crippen LogP contribution in [0.5, 0.6) is 0 Å². The summed E-state index contributed by atoms with van der Waals surface area (Å²) in [5.41, 5.74) is -0.961. The summed E-state index contributed by atoms with van der Waals surface area (Å²) in [7, 11) is 0. The first kappa shape index (κ1) is 19.8. The summed E-state index contributed by atoms with van der Waals surface area (Å²) >= 11 is -0.341. The van der Waals surface area contributed by atoms with Gasteiger partial charge in [0.2, 0.25) is 0 Å². The van der Waals surface area contributed by atoms with Crippen LogP contribution < -0.4 is 0 Å². The van der Waals surface area contributed by atoms with Crippen molar-refractivity contribution in [3.63, 3.8) is 0 Å². The number of benzene rings is 1. The maximum Gasteiger partial charge on any atom is 0.447 e. The summed E-state index contributed by atoms with van der Waals surface area (Å²) < 4.78 is 38.4. The van der Waals surface area contributed by atoms with Crippen molar-refractivity contribution in [2.75, 3.05) is 13.1 Å². The summed E-state index contributed by atoms with van der Waals surface area (Å²) in [5, 5.41) is 0.908. The molecule has 29 heavy (non-hydrogen) atoms. The third-order valence-corrected chi connectivity index (χ3v) is 6.10. The van der Waals surface area contributed by atoms with Gasteiger partial charge >= 0.3 is 5.51 Å². The number of aromatic nitrogens is 2. The quantitative estimate of drug-likeness (QED) is 0.570. The van der Waals surface area contributed by atoms with Crippen LogP contribution in [-0.4, -0.2) is 39.4 Å². The number of aryl methyl sites for hydroxylation is 1. The lowest BCUT2D eigenvalue weighted by Crippen LogP contribution is -2.38. The molecule has 1 amide bonds. The number of amides is 1. The zero-order valence-electron chi connectivity index (χ0n) is 15.8. The molecule has 1 saturated heterocycles. The number of fused-ring (bicyclic) bond motifs is 1. The van der Waals surface area contributed by atoms with Gasteiger partial charge in [0.05, 0.1) is 5.56 Å². The third kappa shape index (κ3) is 4.12. The molecule has 3 heterocycles. The number of halogens is 3. The predicted octanol–water partition coefficient (Wildman–Crippen LogP) is 5.50. The number of rotatable bonds is 3. The molecule has 0 bridgehead atoms. The van der Waals surface area contributed by atoms with Gasteiger partial charge in [0, 0.05) is 47.6 Å². The Hall–Kier alpha value is -2.48. The first-order valence-corrected chi connectivity index (χ1v) is 10.2. The van der Waals surface area contributed by atoms with E-state index in [0.717, 1.165) is 24.1 Å². The average molecular weight is 419 g/mol. The Labute approximate surface area is 170 Å². The number of carbonyl (C=O) groups excluding carboxylic acids is 1. The first-order chi connectivity index (χ1) is 13.8. The second-order valence-corrected chi connectivity index (χ2v) is 8.23. The van der Waals surface area contributed by atoms with Crippen molar-refractivity contribution in [3.05, 3.63) is 59.4 Å². The normalized spacial score (nSPS) is 15.8. The van der Waals surface area contributed by atoms with Gasteiger partial charge in [-0.1, -0.05) is 18.2 Å². The Bertz CT molecular complexity index is 1040. The van der Waals surface area contributed by atoms with Crippen molar-refractivity contribution in [1.82, 2.24) is 14.9 Å². The molecule has 0 atom stereocenters. The number of thioether (sulfide) groups is 1. The van der Waals surface area contributed by atoms with Gasteiger partial charge in [0.1, 0.15) is 5.03 Å². The van der Waals surface area contributed by atoms with Crippen LogP contribution in [0, 0.1) is 6.92 Å². The van der Waals surface area contributed by atoms with Crippen LogP contribution in [0.1, 0.15) is 40.4 Å². The van der Waals surface area contributed by atoms with Gasteiger partial charge in [-0.05, 0) is 49.4 Å². The van der Waals surface area contributed by atoms with E-state index >= 15 is 0 Å². The van der Waals surface area contributed by atoms with Gasteiger partial charge in [-0.3, -0.25) is 4.79 Å². The fourth-order valence-corrected chi connectivity index (χ4v) is 4.71. The van der Waals surface area contributed by atoms with E-state index in [-0.39, 0.29) is 28.3 Å². The molecular formula is C21H20F3N3OS. The number of nitrogens with zero attached hydrogens (tertiary/aromatic N) is 2. The van der Waals surface area contributed by atoms with Crippen molar-refractivity contribution in [2.24, 2.45) is 0 Å². The summed E-state index contributed by atoms with van der Waals surface area (Å²) in [6, 6.07) is 11.1. The highest BCUT2D eigenvalue weighted by molar-refractivity contribution is 8.00. The van der Waals surface area contributed by atoms with Gasteiger partial charge in [0.15, 0.2) is 0 Å². The molecule has 1 aromatic carbocycles. The maximum absolute atomic E-state index is 12.9. The van der Waals surface area contributed by atoms with Crippen LogP contribution in [0.3, 0.4) is 0 Å². The Morgan fingerprint density at radius 2 is 1.90 bits per heavy atom. The predicted molar refractivity (Wildman–Crippen MR) is 107 cm³/mol. The van der Waals surface area contributed by atoms with E-state index in [9.17, 15) is 18.0 Å². The van der Waals surface area contributed by atoms with Crippen molar-refractivity contribution in [1.29, 1.82) is 0 Å². The number of carbonyl (C=O) groups is 1. The Morgan fingerprint density at radius 3 is 2.62 bits per heavy atom. The van der Waals surface area contributed by atoms with E-state index in [4.69, 9.17) is 0 Å². The van der Waals surface area contributed by atoms with Gasteiger partial charge in [-0.2, -0.15) is 13.2 Å². The van der Waals surface area contributed by atoms with E-state index in [0.29, 0.717) is 19.0 Å². The standard InChI is InChI=1S/C21H20F3N3OS/c1-13-18(15-5-2-3-7-17(15)26-13)14-8-11-27(12-9-14)20(28)16-6-4-10-25-19(16)29-21(22,23)24/h2-7,10,14,26H,8-9,11-12H2,1H3. The molecule has 1 aliphatic rings. The van der Waals surface area contributed by atoms with Crippen LogP contribution in [-0.2, 0) is 0 Å². The number of para-hydroxylation sites is 1. The topological polar surface area (TPSA) is 49.0 Å². The minimum atomic E-state index is -4.48. The van der Waals surface area contributed by atoms with Crippen molar-refractivity contribution in [2.45, 2.75) is 36.2 Å². The summed E-state index contributed by atoms with van der Waals surface area (Å²) in [6.07, 6.45) is 2.82. The Balaban J connectivity index is 1.50. The largest absolute Gasteiger partial charge is 0.447 e. The van der Waals surface area contributed by atoms with Crippen molar-refractivity contribution >= 4 is 28.6 Å². The lowest BCUT2D eigenvalue weighted by atomic mass is 9.87. The second-order valence-electron chi connectivity index (χ2n) is 7.18. The molecule has 152 valence electrons. The van der Waals surface area contributed by atoms with Crippen LogP contribution in [0.25, 0.3) is 10.9 Å². The average Bonchev–Trinajstić information content (AvgIpc) is 3.02. The molecular weight excluding hydrogens is 399 g/mol. The highest BCUT2D eigenvalue weighted by Gasteiger charge is 2.34. The number of piperidine rings is 1. The van der Waals surface area contributed by atoms with Crippen molar-refractivity contribution < 1.29 is 18.0 Å². The van der Waals surface area contributed by atoms with Crippen LogP contribution >= 0.6 is 11.8 Å². The van der Waals surface area contributed by atoms with Crippen molar-refractivity contribution in [3.8, 4) is 0 Å². The molecule has 0 radical (unpaired) electrons. The van der Waals surface area contributed by atoms with Gasteiger partial charge in [0.25, 0.3) is 5.91 Å². The van der Waals surface area contributed by atoms with E-state index in [1.807, 2.05) is 18.2 Å². The molecule has 1 N–H and O–H groups in total. The summed E-state index contributed by atoms with van der Waals surface area (Å²) in [5.74, 6) is -0.0768. The van der Waals surface area contributed by atoms with Gasteiger partial charge in [-0.15, -0.1) is 0 Å². The zero-order chi connectivity index (χ0) is 20.6. The number of H-pyrrole nitrogens is 1. The molecule has 0 spiro atoms. The number of alkyl halides is 3. The number of aromatic amines is 1. The molecule has 2 aromatic heterocycles. The number of likely N-dealkylation sites (tertiary alicyclic amines) is 1. The second kappa shape index (κ2) is 7.74. The smallest absolute Gasteiger partial charge is 0.358 e. The number of pyridine rings is 1. The minimum absolute atomic E-state index is 0.0107. The zero-order valence-corrected chi connectivity index (χ0v) is 16.6. The summed E-state index contributed by atoms with van der Waals surface area (Å²) in [4.78, 5) is 21.7. The molecule has 0 unspecified atom stereocenters. The fraction of sp³-hybridized carbons (Fsp3) is 0.333. The Morgan fingerprint density at radius 1 is 1.17 bits per heavy atom. The molecule has 4 nitrogen and oxygen atoms in total. The lowest BCUT2D eigenvalue weighted by molar-refractivity contribution is -0.0329. The highest BCUT2D eigenvalue weighted by atomic mass is 32.2. The molecule has 1 fully saturated rings. The molecule has 8 heteroatoms. The summed E-state index contributed by atoms with van der Waals surface area (Å²) in [6.45, 7) is 3.07. The molecule has 4 rings (SSSR count). The molecule has 0 aliphatic carbocycles. The minimum Gasteiger partial charge on any atom is -0.358 e. The SMILES string of the molecule is Cc1[nH]c2ccccc2c1C1CCN(C(=O)c2cccnc2SC(F)(F)F)CC1. The maximum atomic E-state index is 12.9. The first-order valence-electron chi connectivity index (χ1n) is 9.41.